The van der Waals surface area contributed by atoms with Gasteiger partial charge in [0.15, 0.2) is 0 Å². The summed E-state index contributed by atoms with van der Waals surface area (Å²) in [4.78, 5) is 18.9. The third-order valence-electron chi connectivity index (χ3n) is 3.79. The predicted molar refractivity (Wildman–Crippen MR) is 82.0 cm³/mol. The lowest BCUT2D eigenvalue weighted by Gasteiger charge is -2.15. The van der Waals surface area contributed by atoms with Crippen LogP contribution >= 0.6 is 0 Å². The number of pyridine rings is 1. The summed E-state index contributed by atoms with van der Waals surface area (Å²) >= 11 is 0. The molecule has 0 unspecified atom stereocenters. The van der Waals surface area contributed by atoms with Crippen molar-refractivity contribution >= 4 is 17.0 Å². The number of anilines is 1. The Morgan fingerprint density at radius 2 is 2.05 bits per heavy atom. The zero-order valence-electron chi connectivity index (χ0n) is 12.0. The second-order valence-corrected chi connectivity index (χ2v) is 5.39. The van der Waals surface area contributed by atoms with Gasteiger partial charge in [-0.15, -0.1) is 0 Å². The molecule has 3 aromatic heterocycles. The second-order valence-electron chi connectivity index (χ2n) is 5.39. The zero-order valence-corrected chi connectivity index (χ0v) is 12.0. The highest BCUT2D eigenvalue weighted by Crippen LogP contribution is 2.32. The van der Waals surface area contributed by atoms with Crippen molar-refractivity contribution in [1.29, 1.82) is 0 Å². The number of fused-ring (bicyclic) bond motifs is 2. The summed E-state index contributed by atoms with van der Waals surface area (Å²) in [7, 11) is 3.93. The molecule has 0 atom stereocenters. The molecule has 6 heteroatoms. The molecule has 106 valence electrons. The Bertz CT molecular complexity index is 820. The Hall–Kier alpha value is -2.47. The molecule has 4 rings (SSSR count). The molecule has 0 amide bonds. The monoisotopic (exact) mass is 280 g/mol. The Labute approximate surface area is 122 Å². The van der Waals surface area contributed by atoms with Crippen LogP contribution in [-0.4, -0.2) is 34.0 Å². The second kappa shape index (κ2) is 4.53. The lowest BCUT2D eigenvalue weighted by molar-refractivity contribution is 0.757. The third-order valence-corrected chi connectivity index (χ3v) is 3.79. The van der Waals surface area contributed by atoms with E-state index in [4.69, 9.17) is 4.98 Å². The van der Waals surface area contributed by atoms with Gasteiger partial charge in [-0.1, -0.05) is 0 Å². The molecule has 21 heavy (non-hydrogen) atoms. The van der Waals surface area contributed by atoms with E-state index in [9.17, 15) is 0 Å². The fourth-order valence-electron chi connectivity index (χ4n) is 2.75. The van der Waals surface area contributed by atoms with E-state index >= 15 is 0 Å². The molecule has 0 spiro atoms. The van der Waals surface area contributed by atoms with Gasteiger partial charge in [0.1, 0.15) is 5.65 Å². The molecule has 4 heterocycles. The standard InChI is InChI=1S/C15H16N6/c1-21(2)15-19-12-8-16-7-11(12)13(20-15)9-3-5-17-14-10(9)4-6-18-14/h3-6,16H,7-8H2,1-2H3,(H,17,18). The normalized spacial score (nSPS) is 13.6. The van der Waals surface area contributed by atoms with Crippen molar-refractivity contribution in [3.8, 4) is 11.3 Å². The quantitative estimate of drug-likeness (QED) is 0.747. The van der Waals surface area contributed by atoms with Crippen molar-refractivity contribution in [2.24, 2.45) is 0 Å². The molecular weight excluding hydrogens is 264 g/mol. The number of rotatable bonds is 2. The van der Waals surface area contributed by atoms with Crippen molar-refractivity contribution in [3.05, 3.63) is 35.8 Å². The lowest BCUT2D eigenvalue weighted by atomic mass is 10.0. The molecule has 3 aromatic rings. The first-order chi connectivity index (χ1) is 10.2. The molecule has 0 aromatic carbocycles. The smallest absolute Gasteiger partial charge is 0.225 e. The van der Waals surface area contributed by atoms with E-state index in [0.717, 1.165) is 47.0 Å². The van der Waals surface area contributed by atoms with Crippen LogP contribution in [0.5, 0.6) is 0 Å². The first kappa shape index (κ1) is 12.3. The molecule has 0 radical (unpaired) electrons. The number of aromatic amines is 1. The third kappa shape index (κ3) is 1.87. The molecule has 6 nitrogen and oxygen atoms in total. The maximum absolute atomic E-state index is 4.78. The Morgan fingerprint density at radius 3 is 2.90 bits per heavy atom. The fraction of sp³-hybridized carbons (Fsp3) is 0.267. The highest BCUT2D eigenvalue weighted by Gasteiger charge is 2.21. The minimum atomic E-state index is 0.743. The largest absolute Gasteiger partial charge is 0.347 e. The molecule has 0 saturated heterocycles. The average molecular weight is 280 g/mol. The Morgan fingerprint density at radius 1 is 1.14 bits per heavy atom. The van der Waals surface area contributed by atoms with Gasteiger partial charge < -0.3 is 15.2 Å². The van der Waals surface area contributed by atoms with Gasteiger partial charge in [-0.25, -0.2) is 15.0 Å². The van der Waals surface area contributed by atoms with Gasteiger partial charge in [0.2, 0.25) is 5.95 Å². The maximum atomic E-state index is 4.78. The summed E-state index contributed by atoms with van der Waals surface area (Å²) in [6.45, 7) is 1.61. The van der Waals surface area contributed by atoms with Crippen LogP contribution in [0.25, 0.3) is 22.3 Å². The number of hydrogen-bond donors (Lipinski definition) is 2. The minimum absolute atomic E-state index is 0.743. The number of aromatic nitrogens is 4. The van der Waals surface area contributed by atoms with Gasteiger partial charge in [-0.2, -0.15) is 0 Å². The predicted octanol–water partition coefficient (Wildman–Crippen LogP) is 1.69. The Balaban J connectivity index is 2.01. The maximum Gasteiger partial charge on any atom is 0.225 e. The first-order valence-electron chi connectivity index (χ1n) is 6.94. The van der Waals surface area contributed by atoms with Gasteiger partial charge in [-0.3, -0.25) is 0 Å². The van der Waals surface area contributed by atoms with Crippen molar-refractivity contribution in [2.75, 3.05) is 19.0 Å². The van der Waals surface area contributed by atoms with E-state index in [1.165, 1.54) is 5.56 Å². The van der Waals surface area contributed by atoms with Crippen molar-refractivity contribution < 1.29 is 0 Å². The summed E-state index contributed by atoms with van der Waals surface area (Å²) in [6.07, 6.45) is 3.73. The minimum Gasteiger partial charge on any atom is -0.347 e. The van der Waals surface area contributed by atoms with Crippen LogP contribution in [-0.2, 0) is 13.1 Å². The average Bonchev–Trinajstić information content (AvgIpc) is 3.14. The van der Waals surface area contributed by atoms with E-state index in [-0.39, 0.29) is 0 Å². The zero-order chi connectivity index (χ0) is 14.4. The highest BCUT2D eigenvalue weighted by molar-refractivity contribution is 5.92. The van der Waals surface area contributed by atoms with Gasteiger partial charge in [0.05, 0.1) is 11.4 Å². The van der Waals surface area contributed by atoms with E-state index in [1.807, 2.05) is 43.5 Å². The SMILES string of the molecule is CN(C)c1nc2c(c(-c3ccnc4[nH]ccc34)n1)CNC2. The topological polar surface area (TPSA) is 69.7 Å². The summed E-state index contributed by atoms with van der Waals surface area (Å²) in [6, 6.07) is 4.07. The van der Waals surface area contributed by atoms with Crippen molar-refractivity contribution in [2.45, 2.75) is 13.1 Å². The van der Waals surface area contributed by atoms with Crippen LogP contribution in [0.2, 0.25) is 0 Å². The van der Waals surface area contributed by atoms with E-state index in [0.29, 0.717) is 0 Å². The summed E-state index contributed by atoms with van der Waals surface area (Å²) in [5.41, 5.74) is 5.27. The van der Waals surface area contributed by atoms with Crippen LogP contribution in [0, 0.1) is 0 Å². The molecule has 0 saturated carbocycles. The summed E-state index contributed by atoms with van der Waals surface area (Å²) < 4.78 is 0. The Kier molecular flexibility index (Phi) is 2.65. The van der Waals surface area contributed by atoms with Crippen LogP contribution in [0.1, 0.15) is 11.3 Å². The molecule has 0 fully saturated rings. The molecule has 2 N–H and O–H groups in total. The molecule has 1 aliphatic rings. The summed E-state index contributed by atoms with van der Waals surface area (Å²) in [5.74, 6) is 0.743. The molecule has 0 bridgehead atoms. The van der Waals surface area contributed by atoms with E-state index < -0.39 is 0 Å². The first-order valence-corrected chi connectivity index (χ1v) is 6.94. The van der Waals surface area contributed by atoms with Crippen LogP contribution < -0.4 is 10.2 Å². The molecule has 1 aliphatic heterocycles. The number of hydrogen-bond acceptors (Lipinski definition) is 5. The molecular formula is C15H16N6. The highest BCUT2D eigenvalue weighted by atomic mass is 15.2. The van der Waals surface area contributed by atoms with Gasteiger partial charge in [0, 0.05) is 56.1 Å². The van der Waals surface area contributed by atoms with Crippen LogP contribution in [0.3, 0.4) is 0 Å². The number of nitrogens with one attached hydrogen (secondary N) is 2. The van der Waals surface area contributed by atoms with Crippen LogP contribution in [0.15, 0.2) is 24.5 Å². The fourth-order valence-corrected chi connectivity index (χ4v) is 2.75. The summed E-state index contributed by atoms with van der Waals surface area (Å²) in [5, 5.41) is 4.45. The van der Waals surface area contributed by atoms with Gasteiger partial charge >= 0.3 is 0 Å². The van der Waals surface area contributed by atoms with Gasteiger partial charge in [0.25, 0.3) is 0 Å². The number of H-pyrrole nitrogens is 1. The van der Waals surface area contributed by atoms with Crippen LogP contribution in [0.4, 0.5) is 5.95 Å². The molecule has 0 aliphatic carbocycles. The van der Waals surface area contributed by atoms with E-state index in [2.05, 4.69) is 20.3 Å². The van der Waals surface area contributed by atoms with Crippen molar-refractivity contribution in [1.82, 2.24) is 25.3 Å². The van der Waals surface area contributed by atoms with Gasteiger partial charge in [-0.05, 0) is 12.1 Å². The lowest BCUT2D eigenvalue weighted by Crippen LogP contribution is -2.14. The van der Waals surface area contributed by atoms with E-state index in [1.54, 1.807) is 0 Å². The number of nitrogens with zero attached hydrogens (tertiary/aromatic N) is 4. The van der Waals surface area contributed by atoms with Crippen molar-refractivity contribution in [3.63, 3.8) is 0 Å².